The van der Waals surface area contributed by atoms with E-state index in [4.69, 9.17) is 0 Å². The number of allylic oxidation sites excluding steroid dienone is 3. The van der Waals surface area contributed by atoms with Crippen LogP contribution in [-0.4, -0.2) is 31.3 Å². The van der Waals surface area contributed by atoms with E-state index in [1.807, 2.05) is 13.1 Å². The summed E-state index contributed by atoms with van der Waals surface area (Å²) < 4.78 is 0. The Balaban J connectivity index is 2.21. The molecule has 0 unspecified atom stereocenters. The molecule has 1 heterocycles. The summed E-state index contributed by atoms with van der Waals surface area (Å²) in [5, 5.41) is 0. The van der Waals surface area contributed by atoms with E-state index in [1.54, 1.807) is 0 Å². The van der Waals surface area contributed by atoms with E-state index in [9.17, 15) is 0 Å². The molecule has 1 aliphatic heterocycles. The van der Waals surface area contributed by atoms with Gasteiger partial charge in [0.2, 0.25) is 0 Å². The van der Waals surface area contributed by atoms with Gasteiger partial charge in [-0.3, -0.25) is 4.99 Å². The molecule has 0 bridgehead atoms. The topological polar surface area (TPSA) is 15.6 Å². The summed E-state index contributed by atoms with van der Waals surface area (Å²) in [6.45, 7) is 5.38. The smallest absolute Gasteiger partial charge is 0.0445 e. The summed E-state index contributed by atoms with van der Waals surface area (Å²) in [5.41, 5.74) is 3.57. The normalized spacial score (nSPS) is 16.5. The summed E-state index contributed by atoms with van der Waals surface area (Å²) in [6, 6.07) is 10.5. The highest BCUT2D eigenvalue weighted by Gasteiger charge is 2.24. The van der Waals surface area contributed by atoms with E-state index < -0.39 is 0 Å². The van der Waals surface area contributed by atoms with E-state index in [-0.39, 0.29) is 5.41 Å². The number of rotatable bonds is 4. The van der Waals surface area contributed by atoms with Crippen LogP contribution in [0.3, 0.4) is 0 Å². The molecule has 0 N–H and O–H groups in total. The number of likely N-dealkylation sites (N-methyl/N-ethyl adjacent to an activating group) is 1. The Morgan fingerprint density at radius 1 is 1.24 bits per heavy atom. The van der Waals surface area contributed by atoms with Gasteiger partial charge in [0.15, 0.2) is 0 Å². The van der Waals surface area contributed by atoms with Crippen LogP contribution >= 0.6 is 0 Å². The molecule has 0 amide bonds. The van der Waals surface area contributed by atoms with Crippen molar-refractivity contribution in [1.82, 2.24) is 4.90 Å². The quantitative estimate of drug-likeness (QED) is 0.762. The molecule has 0 radical (unpaired) electrons. The lowest BCUT2D eigenvalue weighted by atomic mass is 9.79. The number of hydrogen-bond donors (Lipinski definition) is 0. The molecule has 2 heteroatoms. The second-order valence-electron chi connectivity index (χ2n) is 5.93. The number of benzene rings is 1. The van der Waals surface area contributed by atoms with Gasteiger partial charge in [0.1, 0.15) is 0 Å². The first-order chi connectivity index (χ1) is 10.0. The summed E-state index contributed by atoms with van der Waals surface area (Å²) >= 11 is 0. The fourth-order valence-corrected chi connectivity index (χ4v) is 2.57. The monoisotopic (exact) mass is 280 g/mol. The zero-order valence-electron chi connectivity index (χ0n) is 13.4. The van der Waals surface area contributed by atoms with E-state index in [0.29, 0.717) is 0 Å². The van der Waals surface area contributed by atoms with Crippen LogP contribution in [0.25, 0.3) is 0 Å². The highest BCUT2D eigenvalue weighted by Crippen LogP contribution is 2.25. The number of nitrogens with zero attached hydrogens (tertiary/aromatic N) is 2. The second kappa shape index (κ2) is 6.57. The second-order valence-corrected chi connectivity index (χ2v) is 5.93. The summed E-state index contributed by atoms with van der Waals surface area (Å²) in [7, 11) is 3.95. The van der Waals surface area contributed by atoms with Gasteiger partial charge in [-0.15, -0.1) is 0 Å². The number of hydrogen-bond acceptors (Lipinski definition) is 2. The average Bonchev–Trinajstić information content (AvgIpc) is 2.48. The zero-order chi connectivity index (χ0) is 15.3. The maximum Gasteiger partial charge on any atom is 0.0445 e. The highest BCUT2D eigenvalue weighted by molar-refractivity contribution is 6.03. The Kier molecular flexibility index (Phi) is 4.79. The molecule has 21 heavy (non-hydrogen) atoms. The third kappa shape index (κ3) is 3.72. The van der Waals surface area contributed by atoms with Crippen LogP contribution < -0.4 is 0 Å². The van der Waals surface area contributed by atoms with Crippen LogP contribution in [0.15, 0.2) is 71.4 Å². The first-order valence-electron chi connectivity index (χ1n) is 7.32. The first-order valence-corrected chi connectivity index (χ1v) is 7.32. The average molecular weight is 280 g/mol. The molecule has 0 aliphatic carbocycles. The first kappa shape index (κ1) is 15.3. The molecular formula is C19H24N2. The Bertz CT molecular complexity index is 589. The van der Waals surface area contributed by atoms with Gasteiger partial charge < -0.3 is 4.90 Å². The maximum absolute atomic E-state index is 4.51. The molecular weight excluding hydrogens is 256 g/mol. The zero-order valence-corrected chi connectivity index (χ0v) is 13.4. The van der Waals surface area contributed by atoms with Crippen molar-refractivity contribution in [2.45, 2.75) is 19.3 Å². The Hall–Kier alpha value is -2.09. The Morgan fingerprint density at radius 3 is 2.57 bits per heavy atom. The summed E-state index contributed by atoms with van der Waals surface area (Å²) in [5.74, 6) is 0. The van der Waals surface area contributed by atoms with Crippen LogP contribution in [0.2, 0.25) is 0 Å². The van der Waals surface area contributed by atoms with Crippen LogP contribution in [0.4, 0.5) is 0 Å². The minimum absolute atomic E-state index is 0.0938. The molecule has 0 saturated heterocycles. The predicted octanol–water partition coefficient (Wildman–Crippen LogP) is 3.98. The minimum atomic E-state index is -0.0938. The van der Waals surface area contributed by atoms with Gasteiger partial charge in [-0.25, -0.2) is 0 Å². The van der Waals surface area contributed by atoms with Gasteiger partial charge in [0.05, 0.1) is 0 Å². The van der Waals surface area contributed by atoms with Gasteiger partial charge in [0, 0.05) is 31.8 Å². The summed E-state index contributed by atoms with van der Waals surface area (Å²) in [4.78, 5) is 6.68. The fourth-order valence-electron chi connectivity index (χ4n) is 2.57. The Labute approximate surface area is 128 Å². The molecule has 2 rings (SSSR count). The Morgan fingerprint density at radius 2 is 1.95 bits per heavy atom. The lowest BCUT2D eigenvalue weighted by Crippen LogP contribution is -2.27. The van der Waals surface area contributed by atoms with Crippen molar-refractivity contribution in [1.29, 1.82) is 0 Å². The van der Waals surface area contributed by atoms with Crippen molar-refractivity contribution < 1.29 is 0 Å². The van der Waals surface area contributed by atoms with Crippen LogP contribution in [0, 0.1) is 0 Å². The van der Waals surface area contributed by atoms with E-state index >= 15 is 0 Å². The molecule has 1 aromatic rings. The van der Waals surface area contributed by atoms with Crippen LogP contribution in [0.5, 0.6) is 0 Å². The molecule has 0 saturated carbocycles. The fraction of sp³-hybridized carbons (Fsp3) is 0.316. The molecule has 1 aromatic carbocycles. The number of aliphatic imine (C=N–C) groups is 1. The molecule has 2 nitrogen and oxygen atoms in total. The standard InChI is InChI=1S/C19H24N2/c1-19(2,17-10-6-5-7-11-17)18(20-3)13-12-16-9-8-14-21(4)15-16/h5-14H,15H2,1-4H3/b13-12+,20-18+. The minimum Gasteiger partial charge on any atom is -0.376 e. The van der Waals surface area contributed by atoms with Crippen molar-refractivity contribution >= 4 is 5.71 Å². The highest BCUT2D eigenvalue weighted by atomic mass is 15.1. The van der Waals surface area contributed by atoms with Crippen molar-refractivity contribution in [3.8, 4) is 0 Å². The van der Waals surface area contributed by atoms with Gasteiger partial charge in [-0.05, 0) is 29.5 Å². The van der Waals surface area contributed by atoms with Gasteiger partial charge in [-0.2, -0.15) is 0 Å². The van der Waals surface area contributed by atoms with Gasteiger partial charge in [-0.1, -0.05) is 56.3 Å². The van der Waals surface area contributed by atoms with Crippen molar-refractivity contribution in [3.63, 3.8) is 0 Å². The van der Waals surface area contributed by atoms with Gasteiger partial charge in [0.25, 0.3) is 0 Å². The lowest BCUT2D eigenvalue weighted by Gasteiger charge is -2.26. The maximum atomic E-state index is 4.51. The predicted molar refractivity (Wildman–Crippen MR) is 91.8 cm³/mol. The SMILES string of the molecule is C/N=C(\C=C\C1=CC=CN(C)C1)C(C)(C)c1ccccc1. The summed E-state index contributed by atoms with van der Waals surface area (Å²) in [6.07, 6.45) is 10.6. The molecule has 110 valence electrons. The molecule has 0 spiro atoms. The largest absolute Gasteiger partial charge is 0.376 e. The third-order valence-electron chi connectivity index (χ3n) is 3.91. The van der Waals surface area contributed by atoms with E-state index in [2.05, 4.69) is 85.6 Å². The molecule has 1 aliphatic rings. The van der Waals surface area contributed by atoms with Gasteiger partial charge >= 0.3 is 0 Å². The van der Waals surface area contributed by atoms with Crippen molar-refractivity contribution in [2.75, 3.05) is 20.6 Å². The van der Waals surface area contributed by atoms with E-state index in [1.165, 1.54) is 11.1 Å². The van der Waals surface area contributed by atoms with Crippen molar-refractivity contribution in [2.24, 2.45) is 4.99 Å². The van der Waals surface area contributed by atoms with E-state index in [0.717, 1.165) is 12.3 Å². The van der Waals surface area contributed by atoms with Crippen molar-refractivity contribution in [3.05, 3.63) is 72.0 Å². The molecule has 0 fully saturated rings. The third-order valence-corrected chi connectivity index (χ3v) is 3.91. The van der Waals surface area contributed by atoms with Crippen LogP contribution in [0.1, 0.15) is 19.4 Å². The lowest BCUT2D eigenvalue weighted by molar-refractivity contribution is 0.495. The molecule has 0 atom stereocenters. The molecule has 0 aromatic heterocycles. The van der Waals surface area contributed by atoms with Crippen LogP contribution in [-0.2, 0) is 5.41 Å².